The van der Waals surface area contributed by atoms with Crippen molar-refractivity contribution in [2.75, 3.05) is 19.0 Å². The summed E-state index contributed by atoms with van der Waals surface area (Å²) in [5.74, 6) is -1.93. The minimum Gasteiger partial charge on any atom is -0.343 e. The highest BCUT2D eigenvalue weighted by molar-refractivity contribution is 7.99. The Labute approximate surface area is 144 Å². The van der Waals surface area contributed by atoms with E-state index in [2.05, 4.69) is 0 Å². The molecule has 0 radical (unpaired) electrons. The lowest BCUT2D eigenvalue weighted by Crippen LogP contribution is -2.36. The third-order valence-electron chi connectivity index (χ3n) is 4.87. The number of rotatable bonds is 2. The highest BCUT2D eigenvalue weighted by Crippen LogP contribution is 2.46. The molecule has 0 atom stereocenters. The van der Waals surface area contributed by atoms with Crippen molar-refractivity contribution in [3.05, 3.63) is 29.3 Å². The fourth-order valence-corrected chi connectivity index (χ4v) is 4.78. The number of thioether (sulfide) groups is 1. The quantitative estimate of drug-likeness (QED) is 0.605. The van der Waals surface area contributed by atoms with Crippen molar-refractivity contribution in [1.29, 1.82) is 0 Å². The first-order valence-electron chi connectivity index (χ1n) is 8.26. The van der Waals surface area contributed by atoms with Crippen molar-refractivity contribution in [2.45, 2.75) is 36.4 Å². The second-order valence-corrected chi connectivity index (χ2v) is 7.48. The molecule has 1 saturated heterocycles. The molecule has 1 aromatic rings. The zero-order valence-corrected chi connectivity index (χ0v) is 14.0. The molecule has 1 aliphatic carbocycles. The van der Waals surface area contributed by atoms with Gasteiger partial charge in [0, 0.05) is 41.0 Å². The standard InChI is InChI=1S/C18H18O5S/c19-13-2-1-3-14(20)16(13)17(21)11-4-5-15-12(10-11)18(6-9-24-15)22-7-8-23-18/h4-5,10,16H,1-3,6-9H2. The Balaban J connectivity index is 1.71. The van der Waals surface area contributed by atoms with Gasteiger partial charge in [-0.1, -0.05) is 6.07 Å². The second-order valence-electron chi connectivity index (χ2n) is 6.34. The number of ketones is 3. The van der Waals surface area contributed by atoms with Gasteiger partial charge in [0.1, 0.15) is 5.92 Å². The van der Waals surface area contributed by atoms with Crippen LogP contribution < -0.4 is 0 Å². The molecule has 0 aromatic heterocycles. The van der Waals surface area contributed by atoms with Crippen LogP contribution in [0.2, 0.25) is 0 Å². The smallest absolute Gasteiger partial charge is 0.196 e. The van der Waals surface area contributed by atoms with Gasteiger partial charge in [-0.15, -0.1) is 11.8 Å². The monoisotopic (exact) mass is 346 g/mol. The predicted molar refractivity (Wildman–Crippen MR) is 87.1 cm³/mol. The molecule has 4 rings (SSSR count). The van der Waals surface area contributed by atoms with Crippen LogP contribution >= 0.6 is 11.8 Å². The van der Waals surface area contributed by atoms with Gasteiger partial charge in [0.05, 0.1) is 13.2 Å². The summed E-state index contributed by atoms with van der Waals surface area (Å²) in [5.41, 5.74) is 1.24. The summed E-state index contributed by atoms with van der Waals surface area (Å²) >= 11 is 1.70. The molecular formula is C18H18O5S. The molecule has 1 spiro atoms. The van der Waals surface area contributed by atoms with E-state index in [-0.39, 0.29) is 11.6 Å². The van der Waals surface area contributed by atoms with E-state index >= 15 is 0 Å². The number of hydrogen-bond acceptors (Lipinski definition) is 6. The summed E-state index contributed by atoms with van der Waals surface area (Å²) in [5, 5.41) is 0. The average Bonchev–Trinajstić information content (AvgIpc) is 3.04. The minimum absolute atomic E-state index is 0.258. The van der Waals surface area contributed by atoms with Crippen LogP contribution in [0.1, 0.15) is 41.6 Å². The number of carbonyl (C=O) groups is 3. The average molecular weight is 346 g/mol. The van der Waals surface area contributed by atoms with Crippen LogP contribution in [0, 0.1) is 5.92 Å². The van der Waals surface area contributed by atoms with E-state index in [1.165, 1.54) is 0 Å². The van der Waals surface area contributed by atoms with Crippen LogP contribution in [0.25, 0.3) is 0 Å². The molecule has 0 amide bonds. The summed E-state index contributed by atoms with van der Waals surface area (Å²) in [6.07, 6.45) is 1.88. The Morgan fingerprint density at radius 3 is 2.54 bits per heavy atom. The number of Topliss-reactive ketones (excluding diaryl/α,β-unsaturated/α-hetero) is 3. The van der Waals surface area contributed by atoms with Crippen molar-refractivity contribution >= 4 is 29.1 Å². The molecule has 24 heavy (non-hydrogen) atoms. The normalized spacial score (nSPS) is 23.5. The van der Waals surface area contributed by atoms with Gasteiger partial charge < -0.3 is 9.47 Å². The Bertz CT molecular complexity index is 704. The number of fused-ring (bicyclic) bond motifs is 2. The van der Waals surface area contributed by atoms with E-state index in [1.807, 2.05) is 6.07 Å². The third-order valence-corrected chi connectivity index (χ3v) is 5.94. The SMILES string of the molecule is O=C1CCCC(=O)C1C(=O)c1ccc2c(c1)C1(CCS2)OCCO1. The Morgan fingerprint density at radius 2 is 1.83 bits per heavy atom. The van der Waals surface area contributed by atoms with E-state index in [1.54, 1.807) is 23.9 Å². The van der Waals surface area contributed by atoms with Gasteiger partial charge in [-0.3, -0.25) is 14.4 Å². The summed E-state index contributed by atoms with van der Waals surface area (Å²) in [4.78, 5) is 37.9. The van der Waals surface area contributed by atoms with Crippen LogP contribution in [-0.4, -0.2) is 36.3 Å². The first-order valence-corrected chi connectivity index (χ1v) is 9.24. The maximum absolute atomic E-state index is 12.8. The maximum Gasteiger partial charge on any atom is 0.196 e. The van der Waals surface area contributed by atoms with E-state index in [9.17, 15) is 14.4 Å². The Morgan fingerprint density at radius 1 is 1.12 bits per heavy atom. The molecule has 1 aromatic carbocycles. The fraction of sp³-hybridized carbons (Fsp3) is 0.500. The van der Waals surface area contributed by atoms with E-state index < -0.39 is 17.5 Å². The van der Waals surface area contributed by atoms with Crippen molar-refractivity contribution in [3.63, 3.8) is 0 Å². The summed E-state index contributed by atoms with van der Waals surface area (Å²) < 4.78 is 11.7. The first kappa shape index (κ1) is 16.0. The number of hydrogen-bond donors (Lipinski definition) is 0. The van der Waals surface area contributed by atoms with Crippen LogP contribution in [0.5, 0.6) is 0 Å². The van der Waals surface area contributed by atoms with Gasteiger partial charge in [-0.2, -0.15) is 0 Å². The molecule has 2 fully saturated rings. The van der Waals surface area contributed by atoms with E-state index in [0.29, 0.717) is 38.0 Å². The third kappa shape index (κ3) is 2.53. The van der Waals surface area contributed by atoms with Crippen molar-refractivity contribution in [1.82, 2.24) is 0 Å². The molecule has 0 N–H and O–H groups in total. The molecule has 0 bridgehead atoms. The zero-order valence-electron chi connectivity index (χ0n) is 13.2. The topological polar surface area (TPSA) is 69.7 Å². The second kappa shape index (κ2) is 6.10. The minimum atomic E-state index is -1.13. The number of benzene rings is 1. The summed E-state index contributed by atoms with van der Waals surface area (Å²) in [7, 11) is 0. The molecule has 5 nitrogen and oxygen atoms in total. The Kier molecular flexibility index (Phi) is 4.06. The van der Waals surface area contributed by atoms with Gasteiger partial charge in [-0.05, 0) is 18.6 Å². The Hall–Kier alpha value is -1.50. The van der Waals surface area contributed by atoms with Crippen LogP contribution in [0.3, 0.4) is 0 Å². The fourth-order valence-electron chi connectivity index (χ4n) is 3.66. The van der Waals surface area contributed by atoms with Crippen molar-refractivity contribution < 1.29 is 23.9 Å². The molecular weight excluding hydrogens is 328 g/mol. The first-order chi connectivity index (χ1) is 11.6. The summed E-state index contributed by atoms with van der Waals surface area (Å²) in [6.45, 7) is 1.06. The highest BCUT2D eigenvalue weighted by atomic mass is 32.2. The zero-order chi connectivity index (χ0) is 16.7. The number of ether oxygens (including phenoxy) is 2. The molecule has 1 saturated carbocycles. The van der Waals surface area contributed by atoms with Crippen LogP contribution in [0.15, 0.2) is 23.1 Å². The van der Waals surface area contributed by atoms with Crippen molar-refractivity contribution in [3.8, 4) is 0 Å². The molecule has 6 heteroatoms. The highest BCUT2D eigenvalue weighted by Gasteiger charge is 2.43. The molecule has 2 aliphatic heterocycles. The van der Waals surface area contributed by atoms with Gasteiger partial charge >= 0.3 is 0 Å². The lowest BCUT2D eigenvalue weighted by molar-refractivity contribution is -0.169. The van der Waals surface area contributed by atoms with Crippen molar-refractivity contribution in [2.24, 2.45) is 5.92 Å². The molecule has 2 heterocycles. The molecule has 126 valence electrons. The lowest BCUT2D eigenvalue weighted by Gasteiger charge is -2.33. The molecule has 3 aliphatic rings. The van der Waals surface area contributed by atoms with Gasteiger partial charge in [0.2, 0.25) is 0 Å². The van der Waals surface area contributed by atoms with E-state index in [4.69, 9.17) is 9.47 Å². The van der Waals surface area contributed by atoms with Gasteiger partial charge in [0.15, 0.2) is 23.1 Å². The number of carbonyl (C=O) groups excluding carboxylic acids is 3. The van der Waals surface area contributed by atoms with Crippen LogP contribution in [-0.2, 0) is 24.8 Å². The largest absolute Gasteiger partial charge is 0.343 e. The van der Waals surface area contributed by atoms with E-state index in [0.717, 1.165) is 22.6 Å². The lowest BCUT2D eigenvalue weighted by atomic mass is 9.81. The molecule has 0 unspecified atom stereocenters. The van der Waals surface area contributed by atoms with Gasteiger partial charge in [0.25, 0.3) is 0 Å². The summed E-state index contributed by atoms with van der Waals surface area (Å²) in [6, 6.07) is 5.33. The van der Waals surface area contributed by atoms with Gasteiger partial charge in [-0.25, -0.2) is 0 Å². The van der Waals surface area contributed by atoms with Crippen LogP contribution in [0.4, 0.5) is 0 Å². The maximum atomic E-state index is 12.8. The predicted octanol–water partition coefficient (Wildman–Crippen LogP) is 2.50.